The smallest absolute Gasteiger partial charge is 0.283 e. The van der Waals surface area contributed by atoms with Crippen molar-refractivity contribution in [3.05, 3.63) is 83.3 Å². The number of aromatic nitrogens is 1. The zero-order valence-corrected chi connectivity index (χ0v) is 21.3. The number of benzene rings is 2. The number of amidine groups is 1. The van der Waals surface area contributed by atoms with Crippen LogP contribution in [0.4, 0.5) is 11.4 Å². The van der Waals surface area contributed by atoms with E-state index in [1.807, 2.05) is 36.4 Å². The summed E-state index contributed by atoms with van der Waals surface area (Å²) in [5.41, 5.74) is 1.89. The Bertz CT molecular complexity index is 1330. The lowest BCUT2D eigenvalue weighted by Gasteiger charge is -2.20. The number of rotatable bonds is 7. The van der Waals surface area contributed by atoms with Crippen LogP contribution in [0.15, 0.2) is 77.5 Å². The Hall–Kier alpha value is -3.82. The Labute approximate surface area is 218 Å². The predicted molar refractivity (Wildman–Crippen MR) is 144 cm³/mol. The molecule has 1 unspecified atom stereocenters. The molecule has 0 saturated heterocycles. The van der Waals surface area contributed by atoms with Crippen molar-refractivity contribution in [3.8, 4) is 11.5 Å². The summed E-state index contributed by atoms with van der Waals surface area (Å²) >= 11 is 7.40. The van der Waals surface area contributed by atoms with Crippen LogP contribution >= 0.6 is 23.4 Å². The molecule has 184 valence electrons. The maximum Gasteiger partial charge on any atom is 0.283 e. The molecule has 0 radical (unpaired) electrons. The van der Waals surface area contributed by atoms with Gasteiger partial charge in [0.05, 0.1) is 41.6 Å². The third kappa shape index (κ3) is 5.53. The second-order valence-corrected chi connectivity index (χ2v) is 9.31. The quantitative estimate of drug-likeness (QED) is 0.426. The van der Waals surface area contributed by atoms with Crippen LogP contribution < -0.4 is 19.7 Å². The fraction of sp³-hybridized carbons (Fsp3) is 0.154. The first kappa shape index (κ1) is 25.3. The van der Waals surface area contributed by atoms with E-state index in [-0.39, 0.29) is 17.5 Å². The van der Waals surface area contributed by atoms with Crippen LogP contribution in [-0.2, 0) is 9.59 Å². The molecule has 0 bridgehead atoms. The minimum atomic E-state index is -0.609. The van der Waals surface area contributed by atoms with E-state index in [4.69, 9.17) is 21.1 Å². The van der Waals surface area contributed by atoms with Gasteiger partial charge in [0.15, 0.2) is 5.17 Å². The van der Waals surface area contributed by atoms with Gasteiger partial charge in [-0.15, -0.1) is 0 Å². The summed E-state index contributed by atoms with van der Waals surface area (Å²) in [5, 5.41) is 2.95. The van der Waals surface area contributed by atoms with Gasteiger partial charge in [0.2, 0.25) is 5.91 Å². The van der Waals surface area contributed by atoms with Gasteiger partial charge in [0.1, 0.15) is 17.2 Å². The van der Waals surface area contributed by atoms with Gasteiger partial charge in [0, 0.05) is 12.3 Å². The van der Waals surface area contributed by atoms with Crippen molar-refractivity contribution in [1.82, 2.24) is 4.98 Å². The van der Waals surface area contributed by atoms with E-state index in [1.54, 1.807) is 43.5 Å². The van der Waals surface area contributed by atoms with Crippen LogP contribution in [0.1, 0.15) is 12.6 Å². The molecule has 1 atom stereocenters. The molecule has 8 nitrogen and oxygen atoms in total. The molecule has 1 aliphatic heterocycles. The Kier molecular flexibility index (Phi) is 7.92. The molecule has 1 N–H and O–H groups in total. The number of anilines is 2. The fourth-order valence-electron chi connectivity index (χ4n) is 3.39. The summed E-state index contributed by atoms with van der Waals surface area (Å²) in [6, 6.07) is 17.7. The van der Waals surface area contributed by atoms with Crippen LogP contribution in [-0.4, -0.2) is 41.4 Å². The monoisotopic (exact) mass is 522 g/mol. The zero-order chi connectivity index (χ0) is 25.7. The van der Waals surface area contributed by atoms with Crippen LogP contribution in [0.3, 0.4) is 0 Å². The number of ether oxygens (including phenoxy) is 2. The molecule has 0 saturated carbocycles. The molecular formula is C26H23ClN4O4S. The molecule has 4 rings (SSSR count). The van der Waals surface area contributed by atoms with Crippen LogP contribution in [0, 0.1) is 0 Å². The first-order chi connectivity index (χ1) is 17.4. The average molecular weight is 523 g/mol. The van der Waals surface area contributed by atoms with E-state index in [2.05, 4.69) is 15.3 Å². The maximum absolute atomic E-state index is 13.3. The number of para-hydroxylation sites is 1. The average Bonchev–Trinajstić information content (AvgIpc) is 3.19. The molecule has 1 aliphatic rings. The van der Waals surface area contributed by atoms with E-state index in [9.17, 15) is 9.59 Å². The summed E-state index contributed by atoms with van der Waals surface area (Å²) in [6.07, 6.45) is 3.27. The molecular weight excluding hydrogens is 500 g/mol. The summed E-state index contributed by atoms with van der Waals surface area (Å²) in [7, 11) is 2.98. The number of methoxy groups -OCH3 is 2. The highest BCUT2D eigenvalue weighted by Crippen LogP contribution is 2.37. The number of nitrogens with one attached hydrogen (secondary N) is 1. The van der Waals surface area contributed by atoms with Crippen molar-refractivity contribution in [2.75, 3.05) is 24.4 Å². The van der Waals surface area contributed by atoms with E-state index in [0.717, 1.165) is 11.8 Å². The molecule has 2 amide bonds. The van der Waals surface area contributed by atoms with Crippen molar-refractivity contribution >= 4 is 57.8 Å². The van der Waals surface area contributed by atoms with Gasteiger partial charge in [-0.3, -0.25) is 19.5 Å². The van der Waals surface area contributed by atoms with Crippen molar-refractivity contribution in [3.63, 3.8) is 0 Å². The van der Waals surface area contributed by atoms with Gasteiger partial charge in [-0.2, -0.15) is 0 Å². The lowest BCUT2D eigenvalue weighted by atomic mass is 10.2. The molecule has 2 aromatic carbocycles. The Morgan fingerprint density at radius 2 is 1.81 bits per heavy atom. The van der Waals surface area contributed by atoms with Gasteiger partial charge in [0.25, 0.3) is 5.91 Å². The lowest BCUT2D eigenvalue weighted by Crippen LogP contribution is -2.33. The molecule has 10 heteroatoms. The number of hydrogen-bond acceptors (Lipinski definition) is 7. The first-order valence-corrected chi connectivity index (χ1v) is 12.2. The van der Waals surface area contributed by atoms with Gasteiger partial charge in [-0.05, 0) is 43.3 Å². The third-order valence-corrected chi connectivity index (χ3v) is 6.55. The first-order valence-electron chi connectivity index (χ1n) is 10.9. The topological polar surface area (TPSA) is 93.1 Å². The Morgan fingerprint density at radius 3 is 2.47 bits per heavy atom. The van der Waals surface area contributed by atoms with Crippen molar-refractivity contribution in [1.29, 1.82) is 0 Å². The lowest BCUT2D eigenvalue weighted by molar-refractivity contribution is -0.115. The van der Waals surface area contributed by atoms with Gasteiger partial charge >= 0.3 is 0 Å². The number of carbonyl (C=O) groups is 2. The summed E-state index contributed by atoms with van der Waals surface area (Å²) in [6.45, 7) is 1.73. The number of amides is 2. The van der Waals surface area contributed by atoms with Crippen LogP contribution in [0.25, 0.3) is 6.08 Å². The summed E-state index contributed by atoms with van der Waals surface area (Å²) < 4.78 is 10.6. The minimum absolute atomic E-state index is 0.233. The number of pyridine rings is 1. The van der Waals surface area contributed by atoms with Crippen molar-refractivity contribution < 1.29 is 19.1 Å². The Morgan fingerprint density at radius 1 is 1.08 bits per heavy atom. The molecule has 0 fully saturated rings. The van der Waals surface area contributed by atoms with E-state index >= 15 is 0 Å². The van der Waals surface area contributed by atoms with E-state index in [0.29, 0.717) is 38.8 Å². The molecule has 0 aliphatic carbocycles. The number of halogens is 1. The normalized spacial score (nSPS) is 15.0. The van der Waals surface area contributed by atoms with Gasteiger partial charge in [-0.1, -0.05) is 47.6 Å². The highest BCUT2D eigenvalue weighted by atomic mass is 35.5. The molecule has 36 heavy (non-hydrogen) atoms. The van der Waals surface area contributed by atoms with Gasteiger partial charge < -0.3 is 14.8 Å². The van der Waals surface area contributed by atoms with Crippen molar-refractivity contribution in [2.45, 2.75) is 12.2 Å². The molecule has 0 spiro atoms. The SMILES string of the molecule is COc1cc(OC)c(NC(=O)C(C)SC2=N/C(=C/c3ccccn3)C(=O)N2c2ccccc2)cc1Cl. The minimum Gasteiger partial charge on any atom is -0.495 e. The molecule has 1 aromatic heterocycles. The van der Waals surface area contributed by atoms with E-state index < -0.39 is 5.25 Å². The highest BCUT2D eigenvalue weighted by Gasteiger charge is 2.34. The Balaban J connectivity index is 1.59. The second-order valence-electron chi connectivity index (χ2n) is 7.59. The van der Waals surface area contributed by atoms with E-state index in [1.165, 1.54) is 19.1 Å². The van der Waals surface area contributed by atoms with Crippen LogP contribution in [0.2, 0.25) is 5.02 Å². The highest BCUT2D eigenvalue weighted by molar-refractivity contribution is 8.15. The predicted octanol–water partition coefficient (Wildman–Crippen LogP) is 5.26. The van der Waals surface area contributed by atoms with Crippen LogP contribution in [0.5, 0.6) is 11.5 Å². The number of nitrogens with zero attached hydrogens (tertiary/aromatic N) is 3. The number of carbonyl (C=O) groups excluding carboxylic acids is 2. The van der Waals surface area contributed by atoms with Crippen molar-refractivity contribution in [2.24, 2.45) is 4.99 Å². The molecule has 2 heterocycles. The maximum atomic E-state index is 13.3. The number of thioether (sulfide) groups is 1. The van der Waals surface area contributed by atoms with Gasteiger partial charge in [-0.25, -0.2) is 4.99 Å². The fourth-order valence-corrected chi connectivity index (χ4v) is 4.55. The second kappa shape index (κ2) is 11.3. The summed E-state index contributed by atoms with van der Waals surface area (Å²) in [5.74, 6) is 0.218. The number of hydrogen-bond donors (Lipinski definition) is 1. The third-order valence-electron chi connectivity index (χ3n) is 5.20. The largest absolute Gasteiger partial charge is 0.495 e. The summed E-state index contributed by atoms with van der Waals surface area (Å²) in [4.78, 5) is 36.7. The zero-order valence-electron chi connectivity index (χ0n) is 19.8. The number of aliphatic imine (C=N–C) groups is 1. The standard InChI is InChI=1S/C26H23ClN4O4S/c1-16(24(32)29-20-14-19(27)22(34-2)15-23(20)35-3)36-26-30-21(13-17-9-7-8-12-28-17)25(33)31(26)18-10-5-4-6-11-18/h4-16H,1-3H3,(H,29,32)/b21-13+. The molecule has 3 aromatic rings.